The van der Waals surface area contributed by atoms with Gasteiger partial charge in [0, 0.05) is 19.3 Å². The second-order valence-corrected chi connectivity index (χ2v) is 6.31. The van der Waals surface area contributed by atoms with Gasteiger partial charge in [0.1, 0.15) is 5.83 Å². The van der Waals surface area contributed by atoms with E-state index < -0.39 is 24.7 Å². The molecule has 0 radical (unpaired) electrons. The summed E-state index contributed by atoms with van der Waals surface area (Å²) >= 11 is 0. The van der Waals surface area contributed by atoms with Gasteiger partial charge in [0.25, 0.3) is 0 Å². The summed E-state index contributed by atoms with van der Waals surface area (Å²) in [5.41, 5.74) is 0. The molecule has 6 nitrogen and oxygen atoms in total. The Hall–Kier alpha value is -1.17. The highest BCUT2D eigenvalue weighted by Gasteiger charge is 2.36. The van der Waals surface area contributed by atoms with Crippen molar-refractivity contribution in [3.8, 4) is 0 Å². The van der Waals surface area contributed by atoms with E-state index in [0.29, 0.717) is 13.1 Å². The predicted octanol–water partition coefficient (Wildman–Crippen LogP) is 3.85. The van der Waals surface area contributed by atoms with Crippen LogP contribution in [0, 0.1) is 0 Å². The van der Waals surface area contributed by atoms with Crippen LogP contribution in [-0.2, 0) is 23.1 Å². The van der Waals surface area contributed by atoms with Crippen LogP contribution in [0.3, 0.4) is 0 Å². The van der Waals surface area contributed by atoms with Crippen LogP contribution >= 0.6 is 7.60 Å². The number of halogens is 1. The summed E-state index contributed by atoms with van der Waals surface area (Å²) in [5.74, 6) is -1.64. The van der Waals surface area contributed by atoms with E-state index >= 15 is 0 Å². The quantitative estimate of drug-likeness (QED) is 0.244. The Morgan fingerprint density at radius 2 is 1.57 bits per heavy atom. The van der Waals surface area contributed by atoms with E-state index in [-0.39, 0.29) is 19.8 Å². The molecule has 0 amide bonds. The van der Waals surface area contributed by atoms with Crippen molar-refractivity contribution in [2.45, 2.75) is 34.6 Å². The van der Waals surface area contributed by atoms with Crippen molar-refractivity contribution < 1.29 is 27.5 Å². The second-order valence-electron chi connectivity index (χ2n) is 4.32. The van der Waals surface area contributed by atoms with Gasteiger partial charge in [-0.2, -0.15) is 0 Å². The first kappa shape index (κ1) is 21.8. The first-order valence-electron chi connectivity index (χ1n) is 7.78. The minimum absolute atomic E-state index is 0.0510. The van der Waals surface area contributed by atoms with Gasteiger partial charge in [-0.05, 0) is 40.7 Å². The van der Waals surface area contributed by atoms with Crippen molar-refractivity contribution in [3.63, 3.8) is 0 Å². The minimum Gasteiger partial charge on any atom is -0.462 e. The van der Waals surface area contributed by atoms with Gasteiger partial charge in [-0.15, -0.1) is 0 Å². The summed E-state index contributed by atoms with van der Waals surface area (Å²) in [6.45, 7) is 9.92. The molecule has 0 rings (SSSR count). The number of esters is 1. The number of nitrogens with zero attached hydrogens (tertiary/aromatic N) is 1. The molecular weight excluding hydrogens is 324 g/mol. The van der Waals surface area contributed by atoms with Crippen molar-refractivity contribution in [2.24, 2.45) is 0 Å². The fraction of sp³-hybridized carbons (Fsp3) is 0.667. The standard InChI is InChI=1S/C15H27FNO5P/c1-6-17(7-2)12-13(16)11-14(15(18)20-8-3)23(19,21-9-4)22-10-5/h11-12H,6-10H2,1-5H3/b13-12-,14-11-. The van der Waals surface area contributed by atoms with Gasteiger partial charge >= 0.3 is 13.6 Å². The summed E-state index contributed by atoms with van der Waals surface area (Å²) in [5, 5.41) is -0.441. The molecular formula is C15H27FNO5P. The third kappa shape index (κ3) is 7.29. The summed E-state index contributed by atoms with van der Waals surface area (Å²) in [6, 6.07) is 0. The molecule has 23 heavy (non-hydrogen) atoms. The molecule has 0 saturated heterocycles. The van der Waals surface area contributed by atoms with E-state index in [1.54, 1.807) is 25.7 Å². The first-order valence-corrected chi connectivity index (χ1v) is 9.32. The molecule has 0 aliphatic heterocycles. The zero-order valence-corrected chi connectivity index (χ0v) is 15.4. The lowest BCUT2D eigenvalue weighted by molar-refractivity contribution is -0.137. The Bertz CT molecular complexity index is 464. The molecule has 0 saturated carbocycles. The minimum atomic E-state index is -3.94. The van der Waals surface area contributed by atoms with Crippen LogP contribution in [-0.4, -0.2) is 43.8 Å². The van der Waals surface area contributed by atoms with E-state index in [0.717, 1.165) is 6.08 Å². The average Bonchev–Trinajstić information content (AvgIpc) is 2.50. The van der Waals surface area contributed by atoms with Gasteiger partial charge in [0.15, 0.2) is 5.31 Å². The topological polar surface area (TPSA) is 65.1 Å². The third-order valence-corrected chi connectivity index (χ3v) is 4.87. The highest BCUT2D eigenvalue weighted by atomic mass is 31.2. The predicted molar refractivity (Wildman–Crippen MR) is 87.7 cm³/mol. The van der Waals surface area contributed by atoms with Crippen LogP contribution in [0.4, 0.5) is 4.39 Å². The normalized spacial score (nSPS) is 13.1. The van der Waals surface area contributed by atoms with Crippen LogP contribution in [0.2, 0.25) is 0 Å². The van der Waals surface area contributed by atoms with E-state index in [1.807, 2.05) is 13.8 Å². The molecule has 0 N–H and O–H groups in total. The van der Waals surface area contributed by atoms with Crippen molar-refractivity contribution in [2.75, 3.05) is 32.9 Å². The molecule has 0 heterocycles. The van der Waals surface area contributed by atoms with Crippen LogP contribution in [0.1, 0.15) is 34.6 Å². The molecule has 0 aliphatic rings. The highest BCUT2D eigenvalue weighted by molar-refractivity contribution is 7.59. The number of ether oxygens (including phenoxy) is 1. The fourth-order valence-electron chi connectivity index (χ4n) is 1.72. The average molecular weight is 351 g/mol. The first-order chi connectivity index (χ1) is 10.9. The largest absolute Gasteiger partial charge is 0.462 e. The number of carbonyl (C=O) groups is 1. The SMILES string of the molecule is CCOC(=O)/C(=C/C(F)=C/N(CC)CC)P(=O)(OCC)OCC. The number of carbonyl (C=O) groups excluding carboxylic acids is 1. The maximum atomic E-state index is 14.2. The number of rotatable bonds is 11. The zero-order valence-electron chi connectivity index (χ0n) is 14.5. The lowest BCUT2D eigenvalue weighted by Crippen LogP contribution is -2.16. The van der Waals surface area contributed by atoms with E-state index in [2.05, 4.69) is 0 Å². The van der Waals surface area contributed by atoms with Crippen LogP contribution in [0.15, 0.2) is 23.4 Å². The summed E-state index contributed by atoms with van der Waals surface area (Å²) in [7, 11) is -3.94. The Kier molecular flexibility index (Phi) is 10.8. The van der Waals surface area contributed by atoms with Crippen molar-refractivity contribution in [3.05, 3.63) is 23.4 Å². The van der Waals surface area contributed by atoms with Gasteiger partial charge in [0.05, 0.1) is 19.8 Å². The molecule has 0 aromatic carbocycles. The maximum Gasteiger partial charge on any atom is 0.368 e. The Balaban J connectivity index is 5.81. The fourth-order valence-corrected chi connectivity index (χ4v) is 3.32. The molecule has 0 fully saturated rings. The summed E-state index contributed by atoms with van der Waals surface area (Å²) in [4.78, 5) is 13.8. The molecule has 0 aromatic rings. The maximum absolute atomic E-state index is 14.2. The van der Waals surface area contributed by atoms with Crippen molar-refractivity contribution in [1.82, 2.24) is 4.90 Å². The van der Waals surface area contributed by atoms with Crippen molar-refractivity contribution in [1.29, 1.82) is 0 Å². The number of allylic oxidation sites excluding steroid dienone is 2. The molecule has 8 heteroatoms. The second kappa shape index (κ2) is 11.4. The molecule has 134 valence electrons. The Morgan fingerprint density at radius 1 is 1.04 bits per heavy atom. The molecule has 0 aliphatic carbocycles. The van der Waals surface area contributed by atoms with Crippen LogP contribution in [0.25, 0.3) is 0 Å². The lowest BCUT2D eigenvalue weighted by Gasteiger charge is -2.19. The van der Waals surface area contributed by atoms with Crippen molar-refractivity contribution >= 4 is 13.6 Å². The molecule has 0 unspecified atom stereocenters. The molecule has 0 atom stereocenters. The van der Waals surface area contributed by atoms with Gasteiger partial charge in [-0.25, -0.2) is 9.18 Å². The third-order valence-electron chi connectivity index (χ3n) is 2.77. The van der Waals surface area contributed by atoms with E-state index in [1.165, 1.54) is 6.20 Å². The Labute approximate surface area is 137 Å². The molecule has 0 bridgehead atoms. The molecule has 0 spiro atoms. The number of hydrogen-bond acceptors (Lipinski definition) is 6. The zero-order chi connectivity index (χ0) is 17.9. The van der Waals surface area contributed by atoms with Crippen LogP contribution < -0.4 is 0 Å². The van der Waals surface area contributed by atoms with E-state index in [9.17, 15) is 13.8 Å². The smallest absolute Gasteiger partial charge is 0.368 e. The van der Waals surface area contributed by atoms with Crippen LogP contribution in [0.5, 0.6) is 0 Å². The van der Waals surface area contributed by atoms with Gasteiger partial charge in [-0.3, -0.25) is 4.57 Å². The summed E-state index contributed by atoms with van der Waals surface area (Å²) in [6.07, 6.45) is 2.10. The Morgan fingerprint density at radius 3 is 1.96 bits per heavy atom. The van der Waals surface area contributed by atoms with Gasteiger partial charge < -0.3 is 18.7 Å². The number of hydrogen-bond donors (Lipinski definition) is 0. The van der Waals surface area contributed by atoms with E-state index in [4.69, 9.17) is 13.8 Å². The highest BCUT2D eigenvalue weighted by Crippen LogP contribution is 2.56. The monoisotopic (exact) mass is 351 g/mol. The summed E-state index contributed by atoms with van der Waals surface area (Å²) < 4.78 is 42.0. The molecule has 0 aromatic heterocycles. The van der Waals surface area contributed by atoms with Gasteiger partial charge in [0.2, 0.25) is 0 Å². The van der Waals surface area contributed by atoms with Gasteiger partial charge in [-0.1, -0.05) is 0 Å². The lowest BCUT2D eigenvalue weighted by atomic mass is 10.4.